The highest BCUT2D eigenvalue weighted by molar-refractivity contribution is 7.16. The molecule has 0 aliphatic carbocycles. The minimum atomic E-state index is -1.22. The number of anilines is 3. The molecule has 270 valence electrons. The minimum absolute atomic E-state index is 0.273. The molecule has 0 fully saturated rings. The number of thiophene rings is 3. The highest BCUT2D eigenvalue weighted by Crippen LogP contribution is 2.40. The molecule has 0 amide bonds. The fourth-order valence-corrected chi connectivity index (χ4v) is 9.49. The summed E-state index contributed by atoms with van der Waals surface area (Å²) in [5.74, 6) is -1.22. The number of aryl methyl sites for hydroxylation is 2. The molecule has 3 heterocycles. The van der Waals surface area contributed by atoms with Gasteiger partial charge in [-0.25, -0.2) is 4.79 Å². The third-order valence-electron chi connectivity index (χ3n) is 9.37. The molecule has 1 N–H and O–H groups in total. The van der Waals surface area contributed by atoms with Crippen molar-refractivity contribution in [3.63, 3.8) is 0 Å². The fourth-order valence-electron chi connectivity index (χ4n) is 6.43. The van der Waals surface area contributed by atoms with Gasteiger partial charge >= 0.3 is 5.97 Å². The van der Waals surface area contributed by atoms with Crippen LogP contribution in [0.3, 0.4) is 0 Å². The highest BCUT2D eigenvalue weighted by Gasteiger charge is 2.15. The van der Waals surface area contributed by atoms with Crippen LogP contribution in [0.5, 0.6) is 0 Å². The molecular formula is C46H46N2O2S3. The van der Waals surface area contributed by atoms with E-state index >= 15 is 0 Å². The molecule has 53 heavy (non-hydrogen) atoms. The fraction of sp³-hybridized carbons (Fsp3) is 0.261. The lowest BCUT2D eigenvalue weighted by molar-refractivity contribution is -0.132. The van der Waals surface area contributed by atoms with Crippen LogP contribution in [0.25, 0.3) is 37.4 Å². The van der Waals surface area contributed by atoms with Crippen LogP contribution < -0.4 is 4.90 Å². The third kappa shape index (κ3) is 10.0. The summed E-state index contributed by atoms with van der Waals surface area (Å²) in [5.41, 5.74) is 6.43. The number of hydrogen-bond acceptors (Lipinski definition) is 6. The van der Waals surface area contributed by atoms with Gasteiger partial charge in [-0.05, 0) is 121 Å². The minimum Gasteiger partial charge on any atom is -0.477 e. The smallest absolute Gasteiger partial charge is 0.346 e. The number of carbonyl (C=O) groups is 1. The van der Waals surface area contributed by atoms with Crippen molar-refractivity contribution in [3.05, 3.63) is 129 Å². The van der Waals surface area contributed by atoms with E-state index in [2.05, 4.69) is 116 Å². The first-order valence-corrected chi connectivity index (χ1v) is 21.1. The van der Waals surface area contributed by atoms with Crippen LogP contribution in [0.15, 0.2) is 115 Å². The van der Waals surface area contributed by atoms with Gasteiger partial charge in [0.25, 0.3) is 0 Å². The number of hydrogen-bond donors (Lipinski definition) is 1. The van der Waals surface area contributed by atoms with Gasteiger partial charge in [0.15, 0.2) is 0 Å². The Balaban J connectivity index is 1.26. The molecular weight excluding hydrogens is 709 g/mol. The molecule has 7 heteroatoms. The molecule has 6 rings (SSSR count). The van der Waals surface area contributed by atoms with E-state index in [0.29, 0.717) is 0 Å². The average molecular weight is 755 g/mol. The first kappa shape index (κ1) is 38.0. The largest absolute Gasteiger partial charge is 0.477 e. The Bertz CT molecular complexity index is 2050. The predicted molar refractivity (Wildman–Crippen MR) is 228 cm³/mol. The Morgan fingerprint density at radius 2 is 1.00 bits per heavy atom. The summed E-state index contributed by atoms with van der Waals surface area (Å²) < 4.78 is 0. The summed E-state index contributed by atoms with van der Waals surface area (Å²) in [7, 11) is 0. The van der Waals surface area contributed by atoms with Crippen LogP contribution in [0.4, 0.5) is 17.1 Å². The lowest BCUT2D eigenvalue weighted by Crippen LogP contribution is -2.09. The zero-order chi connectivity index (χ0) is 37.0. The predicted octanol–water partition coefficient (Wildman–Crippen LogP) is 14.6. The molecule has 0 atom stereocenters. The number of carboxylic acids is 1. The first-order valence-electron chi connectivity index (χ1n) is 18.7. The molecule has 4 nitrogen and oxygen atoms in total. The van der Waals surface area contributed by atoms with E-state index in [1.807, 2.05) is 34.8 Å². The monoisotopic (exact) mass is 754 g/mol. The summed E-state index contributed by atoms with van der Waals surface area (Å²) in [6, 6.07) is 41.0. The van der Waals surface area contributed by atoms with Crippen molar-refractivity contribution in [2.24, 2.45) is 0 Å². The van der Waals surface area contributed by atoms with Gasteiger partial charge in [-0.1, -0.05) is 88.8 Å². The second-order valence-electron chi connectivity index (χ2n) is 13.3. The Hall–Kier alpha value is -4.74. The summed E-state index contributed by atoms with van der Waals surface area (Å²) in [4.78, 5) is 20.9. The molecule has 3 aromatic heterocycles. The topological polar surface area (TPSA) is 64.3 Å². The van der Waals surface area contributed by atoms with Crippen LogP contribution >= 0.6 is 34.0 Å². The van der Waals surface area contributed by atoms with Crippen molar-refractivity contribution in [2.45, 2.75) is 78.1 Å². The average Bonchev–Trinajstić information content (AvgIpc) is 3.97. The van der Waals surface area contributed by atoms with Gasteiger partial charge in [-0.3, -0.25) is 0 Å². The molecule has 0 aliphatic heterocycles. The van der Waals surface area contributed by atoms with E-state index in [-0.39, 0.29) is 5.57 Å². The molecule has 6 aromatic rings. The Kier molecular flexibility index (Phi) is 13.5. The van der Waals surface area contributed by atoms with Crippen molar-refractivity contribution in [2.75, 3.05) is 4.90 Å². The second kappa shape index (κ2) is 18.8. The summed E-state index contributed by atoms with van der Waals surface area (Å²) in [5, 5.41) is 18.5. The summed E-state index contributed by atoms with van der Waals surface area (Å²) >= 11 is 5.28. The first-order chi connectivity index (χ1) is 25.9. The van der Waals surface area contributed by atoms with E-state index < -0.39 is 5.97 Å². The zero-order valence-corrected chi connectivity index (χ0v) is 33.0. The number of unbranched alkanes of at least 4 members (excludes halogenated alkanes) is 6. The SMILES string of the molecule is CCCCCCc1ccc(-c2ccc(N(c3ccc(-c4ccc(/C=C(/C#N)C(=O)O)s4)cc3)c3ccc(-c4ccc(CCCCCC)s4)cc3)cc2)s1. The normalized spacial score (nSPS) is 11.5. The van der Waals surface area contributed by atoms with Crippen LogP contribution in [0.1, 0.15) is 79.8 Å². The van der Waals surface area contributed by atoms with Gasteiger partial charge in [-0.2, -0.15) is 5.26 Å². The van der Waals surface area contributed by atoms with E-state index in [1.165, 1.54) is 99.4 Å². The van der Waals surface area contributed by atoms with Crippen molar-refractivity contribution < 1.29 is 9.90 Å². The van der Waals surface area contributed by atoms with Gasteiger partial charge < -0.3 is 10.0 Å². The molecule has 0 aliphatic rings. The Morgan fingerprint density at radius 1 is 0.585 bits per heavy atom. The van der Waals surface area contributed by atoms with Crippen LogP contribution in [0.2, 0.25) is 0 Å². The zero-order valence-electron chi connectivity index (χ0n) is 30.5. The van der Waals surface area contributed by atoms with Crippen molar-refractivity contribution >= 4 is 63.1 Å². The Morgan fingerprint density at radius 3 is 1.40 bits per heavy atom. The molecule has 0 spiro atoms. The number of aliphatic carboxylic acids is 1. The van der Waals surface area contributed by atoms with Gasteiger partial charge in [0.2, 0.25) is 0 Å². The molecule has 0 saturated heterocycles. The number of benzene rings is 3. The van der Waals surface area contributed by atoms with Crippen molar-refractivity contribution in [1.29, 1.82) is 5.26 Å². The maximum Gasteiger partial charge on any atom is 0.346 e. The van der Waals surface area contributed by atoms with Gasteiger partial charge in [0.1, 0.15) is 11.6 Å². The lowest BCUT2D eigenvalue weighted by Gasteiger charge is -2.26. The second-order valence-corrected chi connectivity index (χ2v) is 16.8. The lowest BCUT2D eigenvalue weighted by atomic mass is 10.1. The van der Waals surface area contributed by atoms with Crippen LogP contribution in [-0.2, 0) is 17.6 Å². The van der Waals surface area contributed by atoms with Crippen LogP contribution in [0, 0.1) is 11.3 Å². The van der Waals surface area contributed by atoms with E-state index in [0.717, 1.165) is 45.2 Å². The molecule has 0 radical (unpaired) electrons. The van der Waals surface area contributed by atoms with Crippen molar-refractivity contribution in [1.82, 2.24) is 0 Å². The molecule has 0 saturated carbocycles. The molecule has 0 bridgehead atoms. The number of carboxylic acid groups (broad SMARTS) is 1. The quantitative estimate of drug-likeness (QED) is 0.0539. The highest BCUT2D eigenvalue weighted by atomic mass is 32.1. The number of nitrogens with zero attached hydrogens (tertiary/aromatic N) is 2. The maximum atomic E-state index is 11.3. The summed E-state index contributed by atoms with van der Waals surface area (Å²) in [6.07, 6.45) is 14.0. The third-order valence-corrected chi connectivity index (χ3v) is 12.8. The van der Waals surface area contributed by atoms with E-state index in [4.69, 9.17) is 0 Å². The van der Waals surface area contributed by atoms with E-state index in [1.54, 1.807) is 6.07 Å². The van der Waals surface area contributed by atoms with Gasteiger partial charge in [0, 0.05) is 46.3 Å². The van der Waals surface area contributed by atoms with E-state index in [9.17, 15) is 15.2 Å². The Labute approximate surface area is 326 Å². The van der Waals surface area contributed by atoms with Gasteiger partial charge in [0.05, 0.1) is 0 Å². The van der Waals surface area contributed by atoms with Crippen LogP contribution in [-0.4, -0.2) is 11.1 Å². The maximum absolute atomic E-state index is 11.3. The standard InChI is InChI=1S/C46H46N2O2S3/c1-3-5-7-9-11-40-25-28-43(51-40)33-13-19-37(20-14-33)48(38-21-15-34(16-22-38)44-29-26-41(52-44)12-10-8-6-4-2)39-23-17-35(18-24-39)45-30-27-42(53-45)31-36(32-47)46(49)50/h13-31H,3-12H2,1-2H3,(H,49,50)/b36-31-. The van der Waals surface area contributed by atoms with Crippen molar-refractivity contribution in [3.8, 4) is 37.4 Å². The number of nitriles is 1. The van der Waals surface area contributed by atoms with Gasteiger partial charge in [-0.15, -0.1) is 34.0 Å². The molecule has 3 aromatic carbocycles. The molecule has 0 unspecified atom stereocenters. The summed E-state index contributed by atoms with van der Waals surface area (Å²) in [6.45, 7) is 4.52. The number of rotatable bonds is 18.